The van der Waals surface area contributed by atoms with Gasteiger partial charge in [-0.3, -0.25) is 9.89 Å². The molecule has 0 aliphatic rings. The van der Waals surface area contributed by atoms with Crippen LogP contribution in [-0.2, 0) is 20.1 Å². The van der Waals surface area contributed by atoms with E-state index >= 15 is 0 Å². The van der Waals surface area contributed by atoms with E-state index in [2.05, 4.69) is 25.4 Å². The summed E-state index contributed by atoms with van der Waals surface area (Å²) in [4.78, 5) is 27.8. The van der Waals surface area contributed by atoms with Crippen molar-refractivity contribution in [2.75, 3.05) is 0 Å². The van der Waals surface area contributed by atoms with E-state index in [0.29, 0.717) is 24.3 Å². The SMILES string of the molecule is Cn1c2nc(Cn3ccc([N+](=O)[O-])n3)sc2c2cnn(Cc3ccn[nH]3)c(=O)c21. The summed E-state index contributed by atoms with van der Waals surface area (Å²) in [6.45, 7) is 0.601. The minimum atomic E-state index is -0.539. The predicted molar refractivity (Wildman–Crippen MR) is 104 cm³/mol. The highest BCUT2D eigenvalue weighted by molar-refractivity contribution is 7.19. The zero-order valence-electron chi connectivity index (χ0n) is 15.0. The van der Waals surface area contributed by atoms with Gasteiger partial charge in [0.25, 0.3) is 5.56 Å². The van der Waals surface area contributed by atoms with Gasteiger partial charge in [0.2, 0.25) is 0 Å². The molecule has 0 bridgehead atoms. The minimum absolute atomic E-state index is 0.210. The Morgan fingerprint density at radius 2 is 2.17 bits per heavy atom. The van der Waals surface area contributed by atoms with Gasteiger partial charge in [-0.1, -0.05) is 0 Å². The third-order valence-electron chi connectivity index (χ3n) is 4.56. The van der Waals surface area contributed by atoms with Crippen LogP contribution in [0.5, 0.6) is 0 Å². The number of nitrogens with one attached hydrogen (secondary N) is 1. The van der Waals surface area contributed by atoms with Crippen molar-refractivity contribution in [3.63, 3.8) is 0 Å². The average molecular weight is 411 g/mol. The lowest BCUT2D eigenvalue weighted by molar-refractivity contribution is -0.389. The quantitative estimate of drug-likeness (QED) is 0.339. The van der Waals surface area contributed by atoms with Gasteiger partial charge in [-0.2, -0.15) is 14.9 Å². The first kappa shape index (κ1) is 17.2. The van der Waals surface area contributed by atoms with Crippen LogP contribution in [-0.4, -0.2) is 44.2 Å². The van der Waals surface area contributed by atoms with Crippen molar-refractivity contribution in [3.05, 3.63) is 61.9 Å². The third kappa shape index (κ3) is 2.79. The lowest BCUT2D eigenvalue weighted by atomic mass is 10.3. The van der Waals surface area contributed by atoms with Gasteiger partial charge in [0, 0.05) is 18.6 Å². The fraction of sp³-hybridized carbons (Fsp3) is 0.188. The molecule has 12 nitrogen and oxygen atoms in total. The average Bonchev–Trinajstić information content (AvgIpc) is 3.45. The van der Waals surface area contributed by atoms with E-state index in [9.17, 15) is 14.9 Å². The molecule has 0 fully saturated rings. The molecule has 0 aliphatic heterocycles. The van der Waals surface area contributed by atoms with Gasteiger partial charge in [-0.05, 0) is 11.0 Å². The second-order valence-electron chi connectivity index (χ2n) is 6.40. The Balaban J connectivity index is 1.54. The Morgan fingerprint density at radius 1 is 1.31 bits per heavy atom. The maximum Gasteiger partial charge on any atom is 0.389 e. The molecule has 13 heteroatoms. The van der Waals surface area contributed by atoms with Crippen LogP contribution in [0.25, 0.3) is 21.3 Å². The van der Waals surface area contributed by atoms with E-state index in [1.165, 1.54) is 33.0 Å². The largest absolute Gasteiger partial charge is 0.389 e. The highest BCUT2D eigenvalue weighted by Crippen LogP contribution is 2.31. The van der Waals surface area contributed by atoms with Crippen LogP contribution in [0.15, 0.2) is 35.5 Å². The normalized spacial score (nSPS) is 11.6. The van der Waals surface area contributed by atoms with Crippen molar-refractivity contribution in [1.29, 1.82) is 0 Å². The lowest BCUT2D eigenvalue weighted by Gasteiger charge is -2.03. The maximum atomic E-state index is 12.9. The fourth-order valence-electron chi connectivity index (χ4n) is 3.22. The van der Waals surface area contributed by atoms with Crippen molar-refractivity contribution in [2.24, 2.45) is 7.05 Å². The van der Waals surface area contributed by atoms with Crippen LogP contribution in [0.3, 0.4) is 0 Å². The van der Waals surface area contributed by atoms with E-state index in [1.807, 2.05) is 0 Å². The molecule has 146 valence electrons. The summed E-state index contributed by atoms with van der Waals surface area (Å²) in [7, 11) is 1.79. The first-order valence-electron chi connectivity index (χ1n) is 8.51. The minimum Gasteiger partial charge on any atom is -0.358 e. The van der Waals surface area contributed by atoms with Crippen LogP contribution < -0.4 is 5.56 Å². The number of aryl methyl sites for hydroxylation is 1. The van der Waals surface area contributed by atoms with E-state index in [4.69, 9.17) is 0 Å². The van der Waals surface area contributed by atoms with E-state index in [-0.39, 0.29) is 11.4 Å². The highest BCUT2D eigenvalue weighted by atomic mass is 32.1. The first-order chi connectivity index (χ1) is 14.0. The van der Waals surface area contributed by atoms with Gasteiger partial charge in [-0.15, -0.1) is 11.3 Å². The smallest absolute Gasteiger partial charge is 0.358 e. The summed E-state index contributed by atoms with van der Waals surface area (Å²) in [5.74, 6) is -0.210. The number of nitrogens with zero attached hydrogens (tertiary/aromatic N) is 8. The van der Waals surface area contributed by atoms with Crippen molar-refractivity contribution >= 4 is 38.4 Å². The Kier molecular flexibility index (Phi) is 3.77. The molecule has 0 saturated carbocycles. The standard InChI is InChI=1S/C16H13N9O3S/c1-22-13-10(6-18-24(16(13)26)7-9-2-4-17-20-9)14-15(22)19-12(29-14)8-23-5-3-11(21-23)25(27)28/h2-6H,7-8H2,1H3,(H,17,20). The summed E-state index contributed by atoms with van der Waals surface area (Å²) >= 11 is 1.41. The van der Waals surface area contributed by atoms with Crippen molar-refractivity contribution in [3.8, 4) is 0 Å². The van der Waals surface area contributed by atoms with Gasteiger partial charge in [0.05, 0.1) is 40.5 Å². The molecule has 5 rings (SSSR count). The van der Waals surface area contributed by atoms with Crippen LogP contribution in [0, 0.1) is 10.1 Å². The van der Waals surface area contributed by atoms with Crippen LogP contribution in [0.2, 0.25) is 0 Å². The molecule has 0 radical (unpaired) electrons. The maximum absolute atomic E-state index is 12.9. The monoisotopic (exact) mass is 411 g/mol. The Morgan fingerprint density at radius 3 is 2.90 bits per heavy atom. The predicted octanol–water partition coefficient (Wildman–Crippen LogP) is 1.27. The van der Waals surface area contributed by atoms with Crippen LogP contribution in [0.1, 0.15) is 10.7 Å². The van der Waals surface area contributed by atoms with Gasteiger partial charge >= 0.3 is 5.82 Å². The van der Waals surface area contributed by atoms with E-state index < -0.39 is 4.92 Å². The number of fused-ring (bicyclic) bond motifs is 3. The number of thiazole rings is 1. The third-order valence-corrected chi connectivity index (χ3v) is 5.62. The molecule has 29 heavy (non-hydrogen) atoms. The molecule has 0 aromatic carbocycles. The zero-order valence-corrected chi connectivity index (χ0v) is 15.8. The highest BCUT2D eigenvalue weighted by Gasteiger charge is 2.19. The van der Waals surface area contributed by atoms with Crippen molar-refractivity contribution in [1.82, 2.24) is 39.3 Å². The van der Waals surface area contributed by atoms with Crippen molar-refractivity contribution in [2.45, 2.75) is 13.1 Å². The Hall–Kier alpha value is -3.87. The molecular weight excluding hydrogens is 398 g/mol. The lowest BCUT2D eigenvalue weighted by Crippen LogP contribution is -2.24. The molecule has 0 saturated heterocycles. The number of hydrogen-bond donors (Lipinski definition) is 1. The summed E-state index contributed by atoms with van der Waals surface area (Å²) in [6.07, 6.45) is 4.82. The number of H-pyrrole nitrogens is 1. The first-order valence-corrected chi connectivity index (χ1v) is 9.33. The molecule has 0 atom stereocenters. The molecule has 5 aromatic heterocycles. The number of hydrogen-bond acceptors (Lipinski definition) is 8. The topological polar surface area (TPSA) is 142 Å². The molecule has 5 heterocycles. The molecule has 0 amide bonds. The summed E-state index contributed by atoms with van der Waals surface area (Å²) in [5, 5.41) is 27.1. The summed E-state index contributed by atoms with van der Waals surface area (Å²) in [5.41, 5.74) is 1.76. The van der Waals surface area contributed by atoms with Gasteiger partial charge in [-0.25, -0.2) is 9.67 Å². The molecule has 5 aromatic rings. The fourth-order valence-corrected chi connectivity index (χ4v) is 4.32. The van der Waals surface area contributed by atoms with Crippen LogP contribution >= 0.6 is 11.3 Å². The second kappa shape index (κ2) is 6.34. The molecule has 0 spiro atoms. The summed E-state index contributed by atoms with van der Waals surface area (Å²) in [6, 6.07) is 3.13. The Bertz CT molecular complexity index is 1420. The summed E-state index contributed by atoms with van der Waals surface area (Å²) < 4.78 is 5.44. The number of nitro groups is 1. The second-order valence-corrected chi connectivity index (χ2v) is 7.48. The van der Waals surface area contributed by atoms with E-state index in [1.54, 1.807) is 30.1 Å². The van der Waals surface area contributed by atoms with Crippen LogP contribution in [0.4, 0.5) is 5.82 Å². The molecular formula is C16H13N9O3S. The van der Waals surface area contributed by atoms with Crippen molar-refractivity contribution < 1.29 is 4.92 Å². The molecule has 0 unspecified atom stereocenters. The van der Waals surface area contributed by atoms with E-state index in [0.717, 1.165) is 20.8 Å². The van der Waals surface area contributed by atoms with Gasteiger partial charge in [0.15, 0.2) is 5.65 Å². The Labute approximate surface area is 165 Å². The molecule has 1 N–H and O–H groups in total. The van der Waals surface area contributed by atoms with Gasteiger partial charge in [0.1, 0.15) is 17.1 Å². The number of rotatable bonds is 5. The number of aromatic nitrogens is 8. The zero-order chi connectivity index (χ0) is 20.1. The van der Waals surface area contributed by atoms with Gasteiger partial charge < -0.3 is 14.7 Å². The molecule has 0 aliphatic carbocycles. The number of aromatic amines is 1.